The van der Waals surface area contributed by atoms with Crippen LogP contribution in [0.4, 0.5) is 5.69 Å². The summed E-state index contributed by atoms with van der Waals surface area (Å²) in [6.45, 7) is 4.63. The van der Waals surface area contributed by atoms with E-state index >= 15 is 0 Å². The molecule has 0 radical (unpaired) electrons. The molecule has 2 heterocycles. The summed E-state index contributed by atoms with van der Waals surface area (Å²) in [5.74, 6) is -0.603. The second-order valence-corrected chi connectivity index (χ2v) is 10.3. The van der Waals surface area contributed by atoms with Crippen molar-refractivity contribution in [2.24, 2.45) is 0 Å². The van der Waals surface area contributed by atoms with Crippen molar-refractivity contribution in [3.63, 3.8) is 0 Å². The highest BCUT2D eigenvalue weighted by atomic mass is 16.2. The molecule has 2 amide bonds. The molecule has 2 aliphatic carbocycles. The predicted molar refractivity (Wildman–Crippen MR) is 137 cm³/mol. The molecule has 2 saturated carbocycles. The number of rotatable bonds is 5. The van der Waals surface area contributed by atoms with E-state index in [2.05, 4.69) is 29.3 Å². The summed E-state index contributed by atoms with van der Waals surface area (Å²) >= 11 is 0. The number of hydrogen-bond donors (Lipinski definition) is 1. The summed E-state index contributed by atoms with van der Waals surface area (Å²) in [6, 6.07) is 8.64. The van der Waals surface area contributed by atoms with Crippen LogP contribution < -0.4 is 15.6 Å². The van der Waals surface area contributed by atoms with Crippen molar-refractivity contribution in [1.82, 2.24) is 14.8 Å². The van der Waals surface area contributed by atoms with Gasteiger partial charge in [-0.05, 0) is 44.2 Å². The molecule has 1 saturated heterocycles. The largest absolute Gasteiger partial charge is 0.368 e. The van der Waals surface area contributed by atoms with Gasteiger partial charge in [-0.2, -0.15) is 0 Å². The minimum Gasteiger partial charge on any atom is -0.368 e. The fourth-order valence-electron chi connectivity index (χ4n) is 5.42. The van der Waals surface area contributed by atoms with E-state index in [-0.39, 0.29) is 35.0 Å². The first-order chi connectivity index (χ1) is 17.0. The lowest BCUT2D eigenvalue weighted by molar-refractivity contribution is 0.0744. The third-order valence-electron chi connectivity index (χ3n) is 7.70. The Balaban J connectivity index is 1.34. The molecule has 3 fully saturated rings. The van der Waals surface area contributed by atoms with E-state index in [9.17, 15) is 14.4 Å². The Morgan fingerprint density at radius 3 is 2.17 bits per heavy atom. The molecule has 0 atom stereocenters. The van der Waals surface area contributed by atoms with E-state index in [1.807, 2.05) is 16.7 Å². The van der Waals surface area contributed by atoms with E-state index in [0.717, 1.165) is 51.6 Å². The number of para-hydroxylation sites is 1. The third kappa shape index (κ3) is 5.29. The van der Waals surface area contributed by atoms with E-state index < -0.39 is 5.43 Å². The normalized spacial score (nSPS) is 19.3. The summed E-state index contributed by atoms with van der Waals surface area (Å²) in [5, 5.41) is 3.09. The molecular weight excluding hydrogens is 440 g/mol. The summed E-state index contributed by atoms with van der Waals surface area (Å²) in [5.41, 5.74) is 2.18. The zero-order chi connectivity index (χ0) is 24.4. The van der Waals surface area contributed by atoms with E-state index in [0.29, 0.717) is 13.1 Å². The summed E-state index contributed by atoms with van der Waals surface area (Å²) in [7, 11) is 0. The van der Waals surface area contributed by atoms with Crippen LogP contribution in [0.1, 0.15) is 83.7 Å². The van der Waals surface area contributed by atoms with Gasteiger partial charge in [0.15, 0.2) is 0 Å². The Kier molecular flexibility index (Phi) is 6.93. The smallest absolute Gasteiger partial charge is 0.259 e. The number of pyridine rings is 1. The minimum atomic E-state index is -0.445. The van der Waals surface area contributed by atoms with Crippen LogP contribution in [0.5, 0.6) is 0 Å². The lowest BCUT2D eigenvalue weighted by Gasteiger charge is -2.36. The van der Waals surface area contributed by atoms with Crippen LogP contribution in [0.2, 0.25) is 0 Å². The first kappa shape index (κ1) is 23.6. The summed E-state index contributed by atoms with van der Waals surface area (Å²) < 4.78 is 1.92. The first-order valence-corrected chi connectivity index (χ1v) is 13.2. The van der Waals surface area contributed by atoms with Gasteiger partial charge in [-0.15, -0.1) is 0 Å². The standard InChI is InChI=1S/C28H36N4O3/c1-20-8-6-7-11-25(20)30-14-16-31(17-15-30)28(35)24-19-32(22-12-13-22)18-23(26(24)33)27(34)29-21-9-4-2-3-5-10-21/h6-8,11,18-19,21-22H,2-5,9-10,12-17H2,1H3,(H,29,34). The molecule has 1 aliphatic heterocycles. The van der Waals surface area contributed by atoms with Crippen molar-refractivity contribution in [1.29, 1.82) is 0 Å². The van der Waals surface area contributed by atoms with Crippen LogP contribution >= 0.6 is 0 Å². The number of benzene rings is 1. The van der Waals surface area contributed by atoms with Gasteiger partial charge in [0.05, 0.1) is 0 Å². The van der Waals surface area contributed by atoms with Crippen LogP contribution in [-0.4, -0.2) is 53.5 Å². The molecule has 7 nitrogen and oxygen atoms in total. The maximum absolute atomic E-state index is 13.5. The minimum absolute atomic E-state index is 0.102. The molecular formula is C28H36N4O3. The number of anilines is 1. The highest BCUT2D eigenvalue weighted by Crippen LogP contribution is 2.34. The van der Waals surface area contributed by atoms with Gasteiger partial charge in [0.25, 0.3) is 11.8 Å². The van der Waals surface area contributed by atoms with Crippen LogP contribution in [0, 0.1) is 6.92 Å². The molecule has 1 aromatic heterocycles. The fourth-order valence-corrected chi connectivity index (χ4v) is 5.42. The molecule has 0 bridgehead atoms. The summed E-state index contributed by atoms with van der Waals surface area (Å²) in [4.78, 5) is 44.1. The Morgan fingerprint density at radius 1 is 0.857 bits per heavy atom. The van der Waals surface area contributed by atoms with Crippen molar-refractivity contribution in [3.05, 3.63) is 63.6 Å². The Labute approximate surface area is 207 Å². The van der Waals surface area contributed by atoms with Crippen molar-refractivity contribution in [2.75, 3.05) is 31.1 Å². The molecule has 35 heavy (non-hydrogen) atoms. The number of nitrogens with one attached hydrogen (secondary N) is 1. The average molecular weight is 477 g/mol. The van der Waals surface area contributed by atoms with Gasteiger partial charge in [-0.1, -0.05) is 43.9 Å². The van der Waals surface area contributed by atoms with Gasteiger partial charge in [0.1, 0.15) is 11.1 Å². The number of piperazine rings is 1. The van der Waals surface area contributed by atoms with Gasteiger partial charge in [0.2, 0.25) is 5.43 Å². The van der Waals surface area contributed by atoms with E-state index in [4.69, 9.17) is 0 Å². The molecule has 0 unspecified atom stereocenters. The van der Waals surface area contributed by atoms with Crippen LogP contribution in [0.15, 0.2) is 41.5 Å². The van der Waals surface area contributed by atoms with Gasteiger partial charge in [-0.3, -0.25) is 14.4 Å². The van der Waals surface area contributed by atoms with Crippen molar-refractivity contribution < 1.29 is 9.59 Å². The lowest BCUT2D eigenvalue weighted by atomic mass is 10.1. The zero-order valence-corrected chi connectivity index (χ0v) is 20.7. The van der Waals surface area contributed by atoms with Crippen molar-refractivity contribution in [2.45, 2.75) is 70.4 Å². The van der Waals surface area contributed by atoms with Gasteiger partial charge >= 0.3 is 0 Å². The second kappa shape index (κ2) is 10.3. The first-order valence-electron chi connectivity index (χ1n) is 13.2. The molecule has 186 valence electrons. The monoisotopic (exact) mass is 476 g/mol. The van der Waals surface area contributed by atoms with E-state index in [1.54, 1.807) is 17.3 Å². The maximum Gasteiger partial charge on any atom is 0.259 e. The molecule has 1 N–H and O–H groups in total. The number of aromatic nitrogens is 1. The molecule has 3 aliphatic rings. The van der Waals surface area contributed by atoms with Crippen LogP contribution in [-0.2, 0) is 0 Å². The number of carbonyl (C=O) groups excluding carboxylic acids is 2. The Bertz CT molecular complexity index is 1140. The Hall–Kier alpha value is -3.09. The Morgan fingerprint density at radius 2 is 1.51 bits per heavy atom. The third-order valence-corrected chi connectivity index (χ3v) is 7.70. The van der Waals surface area contributed by atoms with Gasteiger partial charge < -0.3 is 19.7 Å². The molecule has 1 aromatic carbocycles. The van der Waals surface area contributed by atoms with Crippen LogP contribution in [0.25, 0.3) is 0 Å². The molecule has 2 aromatic rings. The molecule has 7 heteroatoms. The van der Waals surface area contributed by atoms with E-state index in [1.165, 1.54) is 24.1 Å². The number of nitrogens with zero attached hydrogens (tertiary/aromatic N) is 3. The number of aryl methyl sites for hydroxylation is 1. The van der Waals surface area contributed by atoms with Gasteiger partial charge in [0, 0.05) is 56.3 Å². The molecule has 5 rings (SSSR count). The highest BCUT2D eigenvalue weighted by molar-refractivity contribution is 5.99. The average Bonchev–Trinajstić information content (AvgIpc) is 3.73. The van der Waals surface area contributed by atoms with Crippen molar-refractivity contribution in [3.8, 4) is 0 Å². The SMILES string of the molecule is Cc1ccccc1N1CCN(C(=O)c2cn(C3CC3)cc(C(=O)NC3CCCCCC3)c2=O)CC1. The lowest BCUT2D eigenvalue weighted by Crippen LogP contribution is -2.50. The second-order valence-electron chi connectivity index (χ2n) is 10.3. The van der Waals surface area contributed by atoms with Crippen LogP contribution in [0.3, 0.4) is 0 Å². The van der Waals surface area contributed by atoms with Crippen molar-refractivity contribution >= 4 is 17.5 Å². The molecule has 0 spiro atoms. The van der Waals surface area contributed by atoms with Gasteiger partial charge in [-0.25, -0.2) is 0 Å². The number of hydrogen-bond acceptors (Lipinski definition) is 4. The summed E-state index contributed by atoms with van der Waals surface area (Å²) in [6.07, 6.45) is 11.9. The zero-order valence-electron chi connectivity index (χ0n) is 20.7. The maximum atomic E-state index is 13.5. The predicted octanol–water partition coefficient (Wildman–Crippen LogP) is 3.91. The quantitative estimate of drug-likeness (QED) is 0.664. The number of carbonyl (C=O) groups is 2. The topological polar surface area (TPSA) is 74.7 Å². The number of amides is 2. The highest BCUT2D eigenvalue weighted by Gasteiger charge is 2.30. The fraction of sp³-hybridized carbons (Fsp3) is 0.536.